The van der Waals surface area contributed by atoms with Gasteiger partial charge in [-0.25, -0.2) is 4.39 Å². The van der Waals surface area contributed by atoms with Gasteiger partial charge in [-0.3, -0.25) is 14.9 Å². The van der Waals surface area contributed by atoms with Crippen LogP contribution in [0.1, 0.15) is 26.2 Å². The molecule has 0 bridgehead atoms. The van der Waals surface area contributed by atoms with Crippen LogP contribution in [0.2, 0.25) is 0 Å². The maximum atomic E-state index is 13.1. The fraction of sp³-hybridized carbons (Fsp3) is 0.533. The van der Waals surface area contributed by atoms with E-state index in [4.69, 9.17) is 9.47 Å². The Balaban J connectivity index is 1.91. The van der Waals surface area contributed by atoms with Crippen molar-refractivity contribution in [2.45, 2.75) is 38.4 Å². The normalized spacial score (nSPS) is 19.1. The largest absolute Gasteiger partial charge is 0.376 e. The van der Waals surface area contributed by atoms with Crippen LogP contribution >= 0.6 is 0 Å². The summed E-state index contributed by atoms with van der Waals surface area (Å²) in [6.07, 6.45) is 2.15. The number of rotatable bonds is 6. The Morgan fingerprint density at radius 3 is 3.00 bits per heavy atom. The van der Waals surface area contributed by atoms with Crippen LogP contribution in [-0.4, -0.2) is 36.3 Å². The van der Waals surface area contributed by atoms with Gasteiger partial charge in [-0.15, -0.1) is 0 Å². The first-order chi connectivity index (χ1) is 11.0. The highest BCUT2D eigenvalue weighted by Crippen LogP contribution is 2.25. The van der Waals surface area contributed by atoms with Crippen LogP contribution in [0.3, 0.4) is 0 Å². The number of nitrogens with one attached hydrogen (secondary N) is 1. The van der Waals surface area contributed by atoms with E-state index in [1.54, 1.807) is 6.92 Å². The van der Waals surface area contributed by atoms with Gasteiger partial charge in [0.2, 0.25) is 0 Å². The van der Waals surface area contributed by atoms with Gasteiger partial charge in [-0.05, 0) is 38.3 Å². The van der Waals surface area contributed by atoms with Crippen LogP contribution < -0.4 is 5.32 Å². The van der Waals surface area contributed by atoms with Gasteiger partial charge in [0.1, 0.15) is 17.6 Å². The molecule has 1 amide bonds. The van der Waals surface area contributed by atoms with Crippen molar-refractivity contribution < 1.29 is 23.6 Å². The minimum Gasteiger partial charge on any atom is -0.376 e. The predicted molar refractivity (Wildman–Crippen MR) is 80.7 cm³/mol. The Morgan fingerprint density at radius 2 is 2.35 bits per heavy atom. The zero-order valence-electron chi connectivity index (χ0n) is 12.8. The first-order valence-corrected chi connectivity index (χ1v) is 7.45. The number of nitro benzene ring substituents is 1. The van der Waals surface area contributed by atoms with Gasteiger partial charge in [0.05, 0.1) is 23.7 Å². The van der Waals surface area contributed by atoms with E-state index in [0.29, 0.717) is 13.2 Å². The van der Waals surface area contributed by atoms with Gasteiger partial charge in [0.15, 0.2) is 0 Å². The van der Waals surface area contributed by atoms with Crippen molar-refractivity contribution >= 4 is 17.3 Å². The summed E-state index contributed by atoms with van der Waals surface area (Å²) < 4.78 is 24.0. The molecule has 1 aromatic rings. The summed E-state index contributed by atoms with van der Waals surface area (Å²) in [6, 6.07) is 2.96. The summed E-state index contributed by atoms with van der Waals surface area (Å²) >= 11 is 0. The lowest BCUT2D eigenvalue weighted by molar-refractivity contribution is -0.384. The minimum atomic E-state index is -0.801. The summed E-state index contributed by atoms with van der Waals surface area (Å²) in [6.45, 7) is 2.53. The van der Waals surface area contributed by atoms with E-state index < -0.39 is 28.4 Å². The Kier molecular flexibility index (Phi) is 6.00. The fourth-order valence-electron chi connectivity index (χ4n) is 2.26. The van der Waals surface area contributed by atoms with E-state index in [-0.39, 0.29) is 11.8 Å². The molecule has 2 atom stereocenters. The molecule has 1 aromatic carbocycles. The van der Waals surface area contributed by atoms with Crippen molar-refractivity contribution in [3.8, 4) is 0 Å². The lowest BCUT2D eigenvalue weighted by Gasteiger charge is -2.23. The lowest BCUT2D eigenvalue weighted by Crippen LogP contribution is -2.32. The van der Waals surface area contributed by atoms with Gasteiger partial charge >= 0.3 is 0 Å². The smallest absolute Gasteiger partial charge is 0.295 e. The molecule has 2 rings (SSSR count). The number of hydrogen-bond donors (Lipinski definition) is 1. The number of nitro groups is 1. The molecule has 0 aliphatic carbocycles. The van der Waals surface area contributed by atoms with Crippen LogP contribution in [0, 0.1) is 15.9 Å². The van der Waals surface area contributed by atoms with E-state index in [9.17, 15) is 19.3 Å². The molecule has 0 radical (unpaired) electrons. The standard InChI is InChI=1S/C15H19FN2O5/c1-10(23-9-12-4-2-3-7-22-12)15(19)17-13-6-5-11(16)8-14(13)18(20)21/h5-6,8,10,12H,2-4,7,9H2,1H3,(H,17,19). The number of carbonyl (C=O) groups is 1. The number of nitrogens with zero attached hydrogens (tertiary/aromatic N) is 1. The number of carbonyl (C=O) groups excluding carboxylic acids is 1. The Labute approximate surface area is 132 Å². The molecule has 2 unspecified atom stereocenters. The van der Waals surface area contributed by atoms with Crippen LogP contribution in [0.25, 0.3) is 0 Å². The summed E-state index contributed by atoms with van der Waals surface area (Å²) in [7, 11) is 0. The van der Waals surface area contributed by atoms with Gasteiger partial charge in [-0.1, -0.05) is 0 Å². The van der Waals surface area contributed by atoms with Gasteiger partial charge in [0, 0.05) is 6.61 Å². The maximum absolute atomic E-state index is 13.1. The van der Waals surface area contributed by atoms with Crippen molar-refractivity contribution in [1.29, 1.82) is 0 Å². The van der Waals surface area contributed by atoms with E-state index in [0.717, 1.165) is 37.5 Å². The summed E-state index contributed by atoms with van der Waals surface area (Å²) in [5, 5.41) is 13.3. The second-order valence-electron chi connectivity index (χ2n) is 5.37. The summed E-state index contributed by atoms with van der Waals surface area (Å²) in [5.41, 5.74) is -0.563. The molecule has 0 aromatic heterocycles. The van der Waals surface area contributed by atoms with E-state index in [1.807, 2.05) is 0 Å². The first-order valence-electron chi connectivity index (χ1n) is 7.45. The van der Waals surface area contributed by atoms with Crippen molar-refractivity contribution in [2.75, 3.05) is 18.5 Å². The quantitative estimate of drug-likeness (QED) is 0.641. The Morgan fingerprint density at radius 1 is 1.57 bits per heavy atom. The number of amides is 1. The maximum Gasteiger partial charge on any atom is 0.295 e. The second-order valence-corrected chi connectivity index (χ2v) is 5.37. The highest BCUT2D eigenvalue weighted by Gasteiger charge is 2.22. The molecule has 1 aliphatic heterocycles. The molecule has 23 heavy (non-hydrogen) atoms. The number of hydrogen-bond acceptors (Lipinski definition) is 5. The van der Waals surface area contributed by atoms with Crippen molar-refractivity contribution in [3.05, 3.63) is 34.1 Å². The summed E-state index contributed by atoms with van der Waals surface area (Å²) in [5.74, 6) is -1.27. The zero-order chi connectivity index (χ0) is 16.8. The van der Waals surface area contributed by atoms with Crippen LogP contribution in [-0.2, 0) is 14.3 Å². The molecule has 1 aliphatic rings. The monoisotopic (exact) mass is 326 g/mol. The van der Waals surface area contributed by atoms with E-state index >= 15 is 0 Å². The van der Waals surface area contributed by atoms with Crippen molar-refractivity contribution in [2.24, 2.45) is 0 Å². The SMILES string of the molecule is CC(OCC1CCCCO1)C(=O)Nc1ccc(F)cc1[N+](=O)[O-]. The molecule has 126 valence electrons. The highest BCUT2D eigenvalue weighted by molar-refractivity contribution is 5.95. The van der Waals surface area contributed by atoms with Crippen LogP contribution in [0.15, 0.2) is 18.2 Å². The molecule has 8 heteroatoms. The first kappa shape index (κ1) is 17.3. The molecule has 1 saturated heterocycles. The Bertz CT molecular complexity index is 575. The zero-order valence-corrected chi connectivity index (χ0v) is 12.8. The van der Waals surface area contributed by atoms with Gasteiger partial charge in [0.25, 0.3) is 11.6 Å². The van der Waals surface area contributed by atoms with Crippen molar-refractivity contribution in [3.63, 3.8) is 0 Å². The molecule has 1 heterocycles. The third-order valence-corrected chi connectivity index (χ3v) is 3.59. The van der Waals surface area contributed by atoms with Gasteiger partial charge < -0.3 is 14.8 Å². The molecular weight excluding hydrogens is 307 g/mol. The van der Waals surface area contributed by atoms with E-state index in [1.165, 1.54) is 0 Å². The molecule has 1 fully saturated rings. The molecule has 1 N–H and O–H groups in total. The number of halogens is 1. The third-order valence-electron chi connectivity index (χ3n) is 3.59. The number of anilines is 1. The average molecular weight is 326 g/mol. The molecule has 0 spiro atoms. The molecule has 7 nitrogen and oxygen atoms in total. The topological polar surface area (TPSA) is 90.7 Å². The van der Waals surface area contributed by atoms with E-state index in [2.05, 4.69) is 5.32 Å². The number of benzene rings is 1. The minimum absolute atomic E-state index is 0.0286. The Hall–Kier alpha value is -2.06. The molecule has 0 saturated carbocycles. The van der Waals surface area contributed by atoms with Crippen LogP contribution in [0.5, 0.6) is 0 Å². The van der Waals surface area contributed by atoms with Gasteiger partial charge in [-0.2, -0.15) is 0 Å². The van der Waals surface area contributed by atoms with Crippen molar-refractivity contribution in [1.82, 2.24) is 0 Å². The summed E-state index contributed by atoms with van der Waals surface area (Å²) in [4.78, 5) is 22.2. The number of ether oxygens (including phenoxy) is 2. The molecular formula is C15H19FN2O5. The highest BCUT2D eigenvalue weighted by atomic mass is 19.1. The second kappa shape index (κ2) is 7.98. The van der Waals surface area contributed by atoms with Crippen LogP contribution in [0.4, 0.5) is 15.8 Å². The average Bonchev–Trinajstić information content (AvgIpc) is 2.55. The predicted octanol–water partition coefficient (Wildman–Crippen LogP) is 2.65. The fourth-order valence-corrected chi connectivity index (χ4v) is 2.26. The third kappa shape index (κ3) is 4.97. The lowest BCUT2D eigenvalue weighted by atomic mass is 10.1.